The second-order valence-electron chi connectivity index (χ2n) is 3.90. The second-order valence-corrected chi connectivity index (χ2v) is 5.10. The van der Waals surface area contributed by atoms with Crippen LogP contribution in [0.3, 0.4) is 0 Å². The molecule has 1 aromatic rings. The Morgan fingerprint density at radius 2 is 1.78 bits per heavy atom. The Morgan fingerprint density at radius 1 is 1.11 bits per heavy atom. The van der Waals surface area contributed by atoms with Gasteiger partial charge in [0.25, 0.3) is 11.8 Å². The van der Waals surface area contributed by atoms with E-state index in [1.165, 1.54) is 6.07 Å². The van der Waals surface area contributed by atoms with E-state index in [1.807, 2.05) is 0 Å². The van der Waals surface area contributed by atoms with Gasteiger partial charge in [0, 0.05) is 5.56 Å². The van der Waals surface area contributed by atoms with Gasteiger partial charge in [0.05, 0.1) is 15.2 Å². The van der Waals surface area contributed by atoms with Crippen LogP contribution in [0.15, 0.2) is 16.6 Å². The molecule has 0 aliphatic carbocycles. The molecule has 2 aliphatic rings. The number of hydrogen-bond donors (Lipinski definition) is 3. The summed E-state index contributed by atoms with van der Waals surface area (Å²) in [5.74, 6) is -1.30. The summed E-state index contributed by atoms with van der Waals surface area (Å²) in [5, 5.41) is 7.36. The molecular formula is C10H5BrClN3O3. The number of carbonyl (C=O) groups excluding carboxylic acids is 3. The standard InChI is InChI=1S/C10H5BrClN3O3/c11-5-4(12)2-1-3-6(5)13-7(16)10(3)8(17)14-9(18)15-10/h1-2H,(H,13,16)(H2,14,15,17,18). The van der Waals surface area contributed by atoms with E-state index in [2.05, 4.69) is 31.9 Å². The van der Waals surface area contributed by atoms with E-state index >= 15 is 0 Å². The lowest BCUT2D eigenvalue weighted by Crippen LogP contribution is -2.49. The Bertz CT molecular complexity index is 633. The van der Waals surface area contributed by atoms with Crippen molar-refractivity contribution in [2.75, 3.05) is 5.32 Å². The van der Waals surface area contributed by atoms with Crippen LogP contribution in [0.25, 0.3) is 0 Å². The van der Waals surface area contributed by atoms with Gasteiger partial charge in [-0.3, -0.25) is 14.9 Å². The van der Waals surface area contributed by atoms with E-state index in [0.717, 1.165) is 0 Å². The number of anilines is 1. The van der Waals surface area contributed by atoms with Gasteiger partial charge in [-0.05, 0) is 22.0 Å². The predicted octanol–water partition coefficient (Wildman–Crippen LogP) is 1.09. The Kier molecular flexibility index (Phi) is 2.21. The van der Waals surface area contributed by atoms with Crippen LogP contribution in [-0.2, 0) is 15.1 Å². The number of rotatable bonds is 0. The highest BCUT2D eigenvalue weighted by Crippen LogP contribution is 2.44. The van der Waals surface area contributed by atoms with Crippen molar-refractivity contribution in [3.63, 3.8) is 0 Å². The SMILES string of the molecule is O=C1NC(=O)C2(N1)C(=O)Nc1c2ccc(Cl)c1Br. The minimum Gasteiger partial charge on any atom is -0.322 e. The maximum Gasteiger partial charge on any atom is 0.323 e. The van der Waals surface area contributed by atoms with Gasteiger partial charge in [0.2, 0.25) is 5.54 Å². The first-order chi connectivity index (χ1) is 8.46. The summed E-state index contributed by atoms with van der Waals surface area (Å²) in [6.45, 7) is 0. The average molecular weight is 331 g/mol. The van der Waals surface area contributed by atoms with Crippen molar-refractivity contribution in [3.05, 3.63) is 27.2 Å². The summed E-state index contributed by atoms with van der Waals surface area (Å²) in [6.07, 6.45) is 0. The predicted molar refractivity (Wildman–Crippen MR) is 66.1 cm³/mol. The lowest BCUT2D eigenvalue weighted by molar-refractivity contribution is -0.132. The fourth-order valence-electron chi connectivity index (χ4n) is 2.12. The molecule has 4 amide bonds. The molecule has 1 atom stereocenters. The fourth-order valence-corrected chi connectivity index (χ4v) is 2.72. The van der Waals surface area contributed by atoms with Gasteiger partial charge in [-0.15, -0.1) is 0 Å². The maximum atomic E-state index is 12.0. The molecule has 1 spiro atoms. The zero-order valence-corrected chi connectivity index (χ0v) is 11.0. The van der Waals surface area contributed by atoms with Gasteiger partial charge in [-0.25, -0.2) is 4.79 Å². The third kappa shape index (κ3) is 1.20. The number of urea groups is 1. The number of nitrogens with one attached hydrogen (secondary N) is 3. The zero-order chi connectivity index (χ0) is 13.1. The number of carbonyl (C=O) groups is 3. The fraction of sp³-hybridized carbons (Fsp3) is 0.100. The smallest absolute Gasteiger partial charge is 0.322 e. The number of halogens is 2. The van der Waals surface area contributed by atoms with E-state index in [-0.39, 0.29) is 0 Å². The number of fused-ring (bicyclic) bond motifs is 2. The lowest BCUT2D eigenvalue weighted by atomic mass is 9.92. The molecule has 8 heteroatoms. The third-order valence-electron chi connectivity index (χ3n) is 2.95. The Labute approximate surface area is 114 Å². The van der Waals surface area contributed by atoms with Gasteiger partial charge in [0.1, 0.15) is 0 Å². The Hall–Kier alpha value is -1.60. The number of hydrogen-bond acceptors (Lipinski definition) is 3. The molecule has 0 aromatic heterocycles. The average Bonchev–Trinajstić information content (AvgIpc) is 2.75. The molecule has 0 bridgehead atoms. The molecular weight excluding hydrogens is 325 g/mol. The van der Waals surface area contributed by atoms with Crippen molar-refractivity contribution in [2.45, 2.75) is 5.54 Å². The summed E-state index contributed by atoms with van der Waals surface area (Å²) in [7, 11) is 0. The highest BCUT2D eigenvalue weighted by atomic mass is 79.9. The molecule has 92 valence electrons. The minimum atomic E-state index is -1.69. The normalized spacial score (nSPS) is 24.9. The van der Waals surface area contributed by atoms with E-state index in [4.69, 9.17) is 11.6 Å². The molecule has 0 radical (unpaired) electrons. The van der Waals surface area contributed by atoms with Crippen LogP contribution >= 0.6 is 27.5 Å². The quantitative estimate of drug-likeness (QED) is 0.491. The second kappa shape index (κ2) is 3.46. The number of benzene rings is 1. The Morgan fingerprint density at radius 3 is 2.39 bits per heavy atom. The summed E-state index contributed by atoms with van der Waals surface area (Å²) in [6, 6.07) is 2.38. The molecule has 3 N–H and O–H groups in total. The van der Waals surface area contributed by atoms with E-state index in [0.29, 0.717) is 20.7 Å². The van der Waals surface area contributed by atoms with Crippen molar-refractivity contribution in [2.24, 2.45) is 0 Å². The van der Waals surface area contributed by atoms with Crippen molar-refractivity contribution in [1.29, 1.82) is 0 Å². The molecule has 1 saturated heterocycles. The van der Waals surface area contributed by atoms with Crippen LogP contribution in [0.2, 0.25) is 5.02 Å². The lowest BCUT2D eigenvalue weighted by Gasteiger charge is -2.17. The largest absolute Gasteiger partial charge is 0.323 e. The monoisotopic (exact) mass is 329 g/mol. The van der Waals surface area contributed by atoms with Crippen LogP contribution in [0, 0.1) is 0 Å². The topological polar surface area (TPSA) is 87.3 Å². The molecule has 2 aliphatic heterocycles. The summed E-state index contributed by atoms with van der Waals surface area (Å²) in [5.41, 5.74) is -0.934. The van der Waals surface area contributed by atoms with Crippen LogP contribution in [0.4, 0.5) is 10.5 Å². The summed E-state index contributed by atoms with van der Waals surface area (Å²) >= 11 is 9.15. The van der Waals surface area contributed by atoms with Gasteiger partial charge in [0.15, 0.2) is 0 Å². The molecule has 6 nitrogen and oxygen atoms in total. The highest BCUT2D eigenvalue weighted by molar-refractivity contribution is 9.10. The van der Waals surface area contributed by atoms with Crippen LogP contribution in [0.1, 0.15) is 5.56 Å². The first-order valence-corrected chi connectivity index (χ1v) is 6.07. The number of amides is 4. The van der Waals surface area contributed by atoms with Crippen LogP contribution < -0.4 is 16.0 Å². The molecule has 3 rings (SSSR count). The van der Waals surface area contributed by atoms with E-state index in [1.54, 1.807) is 6.07 Å². The first kappa shape index (κ1) is 11.5. The Balaban J connectivity index is 2.28. The van der Waals surface area contributed by atoms with Crippen LogP contribution in [0.5, 0.6) is 0 Å². The first-order valence-electron chi connectivity index (χ1n) is 4.90. The van der Waals surface area contributed by atoms with Crippen molar-refractivity contribution >= 4 is 51.1 Å². The van der Waals surface area contributed by atoms with E-state index < -0.39 is 23.4 Å². The molecule has 0 saturated carbocycles. The maximum absolute atomic E-state index is 12.0. The molecule has 1 aromatic carbocycles. The van der Waals surface area contributed by atoms with Crippen molar-refractivity contribution in [1.82, 2.24) is 10.6 Å². The number of imide groups is 1. The minimum absolute atomic E-state index is 0.368. The van der Waals surface area contributed by atoms with Crippen molar-refractivity contribution < 1.29 is 14.4 Å². The molecule has 18 heavy (non-hydrogen) atoms. The van der Waals surface area contributed by atoms with Gasteiger partial charge in [-0.1, -0.05) is 17.7 Å². The third-order valence-corrected chi connectivity index (χ3v) is 4.31. The van der Waals surface area contributed by atoms with Gasteiger partial charge in [-0.2, -0.15) is 0 Å². The van der Waals surface area contributed by atoms with Crippen LogP contribution in [-0.4, -0.2) is 17.8 Å². The van der Waals surface area contributed by atoms with Gasteiger partial charge < -0.3 is 10.6 Å². The van der Waals surface area contributed by atoms with Crippen molar-refractivity contribution in [3.8, 4) is 0 Å². The molecule has 1 unspecified atom stereocenters. The zero-order valence-electron chi connectivity index (χ0n) is 8.64. The van der Waals surface area contributed by atoms with Gasteiger partial charge >= 0.3 is 6.03 Å². The molecule has 1 fully saturated rings. The molecule has 2 heterocycles. The summed E-state index contributed by atoms with van der Waals surface area (Å²) in [4.78, 5) is 35.2. The van der Waals surface area contributed by atoms with E-state index in [9.17, 15) is 14.4 Å². The highest BCUT2D eigenvalue weighted by Gasteiger charge is 2.59. The summed E-state index contributed by atoms with van der Waals surface area (Å²) < 4.78 is 0.473.